The maximum Gasteiger partial charge on any atom is 0.0421 e. The number of nitrogens with two attached hydrogens (primary N) is 1. The summed E-state index contributed by atoms with van der Waals surface area (Å²) in [6, 6.07) is 16.1. The van der Waals surface area contributed by atoms with Crippen LogP contribution in [0.15, 0.2) is 48.5 Å². The molecule has 2 rings (SSSR count). The van der Waals surface area contributed by atoms with Crippen molar-refractivity contribution in [1.82, 2.24) is 0 Å². The van der Waals surface area contributed by atoms with E-state index in [1.54, 1.807) is 0 Å². The molecule has 0 saturated carbocycles. The molecular weight excluding hydrogens is 242 g/mol. The molecule has 0 heterocycles. The Labute approximate surface area is 114 Å². The highest BCUT2D eigenvalue weighted by Gasteiger charge is 2.22. The second kappa shape index (κ2) is 5.13. The molecular formula is C16H18ClN. The minimum atomic E-state index is -0.378. The van der Waals surface area contributed by atoms with Crippen molar-refractivity contribution in [2.75, 3.05) is 0 Å². The summed E-state index contributed by atoms with van der Waals surface area (Å²) < 4.78 is 0. The molecule has 2 aromatic carbocycles. The van der Waals surface area contributed by atoms with Crippen molar-refractivity contribution in [3.05, 3.63) is 70.2 Å². The van der Waals surface area contributed by atoms with E-state index in [1.807, 2.05) is 24.3 Å². The average Bonchev–Trinajstić information content (AvgIpc) is 2.32. The summed E-state index contributed by atoms with van der Waals surface area (Å²) in [6.07, 6.45) is 0.821. The van der Waals surface area contributed by atoms with Gasteiger partial charge in [-0.1, -0.05) is 48.0 Å². The zero-order valence-electron chi connectivity index (χ0n) is 10.8. The highest BCUT2D eigenvalue weighted by Crippen LogP contribution is 2.25. The molecule has 0 aromatic heterocycles. The van der Waals surface area contributed by atoms with E-state index in [-0.39, 0.29) is 5.54 Å². The molecule has 0 aliphatic heterocycles. The highest BCUT2D eigenvalue weighted by atomic mass is 35.5. The monoisotopic (exact) mass is 259 g/mol. The Kier molecular flexibility index (Phi) is 3.74. The van der Waals surface area contributed by atoms with Crippen LogP contribution in [0, 0.1) is 6.92 Å². The van der Waals surface area contributed by atoms with E-state index in [1.165, 1.54) is 11.1 Å². The molecule has 2 heteroatoms. The van der Waals surface area contributed by atoms with Gasteiger partial charge in [0.15, 0.2) is 0 Å². The second-order valence-electron chi connectivity index (χ2n) is 5.03. The molecule has 1 nitrogen and oxygen atoms in total. The van der Waals surface area contributed by atoms with E-state index in [4.69, 9.17) is 17.3 Å². The van der Waals surface area contributed by atoms with E-state index in [9.17, 15) is 0 Å². The molecule has 0 radical (unpaired) electrons. The van der Waals surface area contributed by atoms with Gasteiger partial charge in [0.25, 0.3) is 0 Å². The van der Waals surface area contributed by atoms with Gasteiger partial charge in [0, 0.05) is 10.6 Å². The lowest BCUT2D eigenvalue weighted by molar-refractivity contribution is 0.490. The Morgan fingerprint density at radius 2 is 1.67 bits per heavy atom. The topological polar surface area (TPSA) is 26.0 Å². The summed E-state index contributed by atoms with van der Waals surface area (Å²) in [4.78, 5) is 0. The second-order valence-corrected chi connectivity index (χ2v) is 5.46. The third-order valence-corrected chi connectivity index (χ3v) is 3.57. The number of hydrogen-bond donors (Lipinski definition) is 1. The van der Waals surface area contributed by atoms with Crippen LogP contribution in [-0.2, 0) is 12.0 Å². The first-order valence-corrected chi connectivity index (χ1v) is 6.46. The van der Waals surface area contributed by atoms with Crippen LogP contribution in [0.4, 0.5) is 0 Å². The lowest BCUT2D eigenvalue weighted by Gasteiger charge is -2.26. The zero-order chi connectivity index (χ0) is 13.2. The minimum Gasteiger partial charge on any atom is -0.321 e. The molecule has 2 N–H and O–H groups in total. The first-order valence-electron chi connectivity index (χ1n) is 6.08. The Balaban J connectivity index is 2.27. The Hall–Kier alpha value is -1.31. The van der Waals surface area contributed by atoms with Crippen LogP contribution in [0.5, 0.6) is 0 Å². The van der Waals surface area contributed by atoms with Crippen molar-refractivity contribution >= 4 is 11.6 Å². The van der Waals surface area contributed by atoms with Gasteiger partial charge in [-0.15, -0.1) is 0 Å². The Morgan fingerprint density at radius 3 is 2.28 bits per heavy atom. The third kappa shape index (κ3) is 2.92. The van der Waals surface area contributed by atoms with E-state index < -0.39 is 0 Å². The predicted molar refractivity (Wildman–Crippen MR) is 77.9 cm³/mol. The minimum absolute atomic E-state index is 0.378. The standard InChI is InChI=1S/C16H18ClN/c1-12-5-3-4-6-13(12)11-16(2,18)14-7-9-15(17)10-8-14/h3-10H,11,18H2,1-2H3. The lowest BCUT2D eigenvalue weighted by atomic mass is 9.85. The maximum atomic E-state index is 6.45. The predicted octanol–water partition coefficient (Wildman–Crippen LogP) is 4.07. The lowest BCUT2D eigenvalue weighted by Crippen LogP contribution is -2.35. The van der Waals surface area contributed by atoms with E-state index in [0.717, 1.165) is 17.0 Å². The van der Waals surface area contributed by atoms with Gasteiger partial charge in [0.1, 0.15) is 0 Å². The quantitative estimate of drug-likeness (QED) is 0.884. The van der Waals surface area contributed by atoms with Crippen LogP contribution >= 0.6 is 11.6 Å². The highest BCUT2D eigenvalue weighted by molar-refractivity contribution is 6.30. The fraction of sp³-hybridized carbons (Fsp3) is 0.250. The Bertz CT molecular complexity index is 529. The van der Waals surface area contributed by atoms with Gasteiger partial charge in [0.05, 0.1) is 0 Å². The molecule has 18 heavy (non-hydrogen) atoms. The number of hydrogen-bond acceptors (Lipinski definition) is 1. The molecule has 1 atom stereocenters. The van der Waals surface area contributed by atoms with E-state index in [0.29, 0.717) is 0 Å². The summed E-state index contributed by atoms with van der Waals surface area (Å²) in [5, 5.41) is 0.741. The molecule has 0 aliphatic carbocycles. The van der Waals surface area contributed by atoms with E-state index in [2.05, 4.69) is 38.1 Å². The van der Waals surface area contributed by atoms with Gasteiger partial charge >= 0.3 is 0 Å². The smallest absolute Gasteiger partial charge is 0.0421 e. The van der Waals surface area contributed by atoms with Crippen LogP contribution in [-0.4, -0.2) is 0 Å². The summed E-state index contributed by atoms with van der Waals surface area (Å²) in [5.74, 6) is 0. The molecule has 0 spiro atoms. The molecule has 1 unspecified atom stereocenters. The summed E-state index contributed by atoms with van der Waals surface area (Å²) >= 11 is 5.91. The van der Waals surface area contributed by atoms with Crippen molar-refractivity contribution in [3.63, 3.8) is 0 Å². The number of halogens is 1. The SMILES string of the molecule is Cc1ccccc1CC(C)(N)c1ccc(Cl)cc1. The van der Waals surface area contributed by atoms with Crippen molar-refractivity contribution in [2.24, 2.45) is 5.73 Å². The molecule has 94 valence electrons. The van der Waals surface area contributed by atoms with Gasteiger partial charge < -0.3 is 5.73 Å². The summed E-state index contributed by atoms with van der Waals surface area (Å²) in [5.41, 5.74) is 9.74. The first-order chi connectivity index (χ1) is 8.49. The Morgan fingerprint density at radius 1 is 1.06 bits per heavy atom. The van der Waals surface area contributed by atoms with Crippen LogP contribution in [0.3, 0.4) is 0 Å². The fourth-order valence-corrected chi connectivity index (χ4v) is 2.26. The largest absolute Gasteiger partial charge is 0.321 e. The molecule has 0 aliphatic rings. The molecule has 0 amide bonds. The van der Waals surface area contributed by atoms with Crippen molar-refractivity contribution in [2.45, 2.75) is 25.8 Å². The van der Waals surface area contributed by atoms with Crippen LogP contribution in [0.1, 0.15) is 23.6 Å². The number of rotatable bonds is 3. The van der Waals surface area contributed by atoms with Crippen LogP contribution in [0.25, 0.3) is 0 Å². The van der Waals surface area contributed by atoms with Gasteiger partial charge in [-0.3, -0.25) is 0 Å². The molecule has 0 saturated heterocycles. The normalized spacial score (nSPS) is 14.2. The first kappa shape index (κ1) is 13.1. The molecule has 2 aromatic rings. The van der Waals surface area contributed by atoms with Crippen molar-refractivity contribution < 1.29 is 0 Å². The number of aryl methyl sites for hydroxylation is 1. The average molecular weight is 260 g/mol. The van der Waals surface area contributed by atoms with Crippen LogP contribution in [0.2, 0.25) is 5.02 Å². The summed E-state index contributed by atoms with van der Waals surface area (Å²) in [7, 11) is 0. The van der Waals surface area contributed by atoms with E-state index >= 15 is 0 Å². The third-order valence-electron chi connectivity index (χ3n) is 3.32. The van der Waals surface area contributed by atoms with Crippen molar-refractivity contribution in [1.29, 1.82) is 0 Å². The van der Waals surface area contributed by atoms with Gasteiger partial charge in [-0.25, -0.2) is 0 Å². The molecule has 0 bridgehead atoms. The van der Waals surface area contributed by atoms with Gasteiger partial charge in [0.2, 0.25) is 0 Å². The maximum absolute atomic E-state index is 6.45. The van der Waals surface area contributed by atoms with Crippen molar-refractivity contribution in [3.8, 4) is 0 Å². The van der Waals surface area contributed by atoms with Gasteiger partial charge in [-0.2, -0.15) is 0 Å². The van der Waals surface area contributed by atoms with Crippen LogP contribution < -0.4 is 5.73 Å². The number of benzene rings is 2. The fourth-order valence-electron chi connectivity index (χ4n) is 2.14. The summed E-state index contributed by atoms with van der Waals surface area (Å²) in [6.45, 7) is 4.18. The molecule has 0 fully saturated rings. The zero-order valence-corrected chi connectivity index (χ0v) is 11.5. The van der Waals surface area contributed by atoms with Gasteiger partial charge in [-0.05, 0) is 49.1 Å².